The molecule has 2 aliphatic rings. The molecular weight excluding hydrogens is 490 g/mol. The third-order valence-electron chi connectivity index (χ3n) is 7.29. The van der Waals surface area contributed by atoms with Gasteiger partial charge in [0.1, 0.15) is 11.8 Å². The van der Waals surface area contributed by atoms with Gasteiger partial charge in [0.15, 0.2) is 0 Å². The number of aromatic nitrogens is 2. The number of nitrogens with zero attached hydrogens (tertiary/aromatic N) is 4. The van der Waals surface area contributed by atoms with Crippen molar-refractivity contribution in [2.75, 3.05) is 11.9 Å². The van der Waals surface area contributed by atoms with Crippen LogP contribution in [0.5, 0.6) is 5.88 Å². The Bertz CT molecular complexity index is 1670. The van der Waals surface area contributed by atoms with E-state index < -0.39 is 11.7 Å². The minimum atomic E-state index is -0.447. The number of anilines is 1. The highest BCUT2D eigenvalue weighted by molar-refractivity contribution is 6.32. The van der Waals surface area contributed by atoms with Gasteiger partial charge in [0.25, 0.3) is 0 Å². The van der Waals surface area contributed by atoms with E-state index in [1.54, 1.807) is 22.5 Å². The topological polar surface area (TPSA) is 103 Å². The van der Waals surface area contributed by atoms with Crippen LogP contribution in [0.15, 0.2) is 71.5 Å². The number of carbonyl (C=O) groups excluding carboxylic acids is 1. The number of para-hydroxylation sites is 1. The minimum Gasteiger partial charge on any atom is -0.493 e. The molecule has 1 aromatic heterocycles. The number of likely N-dealkylation sites (tertiary alicyclic amines) is 1. The van der Waals surface area contributed by atoms with E-state index in [1.165, 1.54) is 10.6 Å². The number of fused-ring (bicyclic) bond motifs is 5. The number of imidazole rings is 1. The van der Waals surface area contributed by atoms with Crippen molar-refractivity contribution in [1.82, 2.24) is 14.0 Å². The van der Waals surface area contributed by atoms with E-state index in [2.05, 4.69) is 5.32 Å². The van der Waals surface area contributed by atoms with Gasteiger partial charge in [0, 0.05) is 12.1 Å². The zero-order chi connectivity index (χ0) is 25.8. The summed E-state index contributed by atoms with van der Waals surface area (Å²) in [6, 6.07) is 21.6. The fourth-order valence-electron chi connectivity index (χ4n) is 5.54. The summed E-state index contributed by atoms with van der Waals surface area (Å²) >= 11 is 6.33. The van der Waals surface area contributed by atoms with Crippen molar-refractivity contribution in [3.05, 3.63) is 99.1 Å². The number of nitriles is 1. The molecule has 0 aliphatic carbocycles. The highest BCUT2D eigenvalue weighted by Crippen LogP contribution is 2.49. The lowest BCUT2D eigenvalue weighted by atomic mass is 10.0. The highest BCUT2D eigenvalue weighted by Gasteiger charge is 2.49. The average molecular weight is 512 g/mol. The molecule has 2 atom stereocenters. The molecule has 0 spiro atoms. The number of halogens is 1. The zero-order valence-electron chi connectivity index (χ0n) is 19.9. The maximum absolute atomic E-state index is 13.4. The number of benzene rings is 3. The van der Waals surface area contributed by atoms with E-state index in [4.69, 9.17) is 11.6 Å². The predicted octanol–water partition coefficient (Wildman–Crippen LogP) is 5.38. The number of hydrogen-bond donors (Lipinski definition) is 2. The van der Waals surface area contributed by atoms with Crippen LogP contribution in [0.1, 0.15) is 35.3 Å². The lowest BCUT2D eigenvalue weighted by Crippen LogP contribution is -2.40. The SMILES string of the molecule is Cc1c(-n2c(O)c3n(c2=O)[C@@H]2CC3N(C(=O)Nc3ccccc3-c3ccccc3)C2)ccc(C#N)c1Cl. The van der Waals surface area contributed by atoms with Crippen LogP contribution >= 0.6 is 11.6 Å². The number of amides is 2. The minimum absolute atomic E-state index is 0.219. The Morgan fingerprint density at radius 3 is 2.59 bits per heavy atom. The molecule has 2 N–H and O–H groups in total. The fraction of sp³-hybridized carbons (Fsp3) is 0.179. The van der Waals surface area contributed by atoms with Gasteiger partial charge in [-0.15, -0.1) is 0 Å². The van der Waals surface area contributed by atoms with Crippen LogP contribution in [-0.2, 0) is 0 Å². The van der Waals surface area contributed by atoms with Crippen LogP contribution in [0.25, 0.3) is 16.8 Å². The molecule has 8 nitrogen and oxygen atoms in total. The van der Waals surface area contributed by atoms with Gasteiger partial charge in [0.05, 0.1) is 34.0 Å². The Hall–Kier alpha value is -4.48. The zero-order valence-corrected chi connectivity index (χ0v) is 20.6. The van der Waals surface area contributed by atoms with Crippen LogP contribution in [0.4, 0.5) is 10.5 Å². The Balaban J connectivity index is 1.34. The second kappa shape index (κ2) is 8.57. The Morgan fingerprint density at radius 1 is 1.11 bits per heavy atom. The van der Waals surface area contributed by atoms with E-state index in [9.17, 15) is 20.0 Å². The van der Waals surface area contributed by atoms with Gasteiger partial charge < -0.3 is 15.3 Å². The summed E-state index contributed by atoms with van der Waals surface area (Å²) in [6.45, 7) is 2.05. The molecule has 6 rings (SSSR count). The maximum Gasteiger partial charge on any atom is 0.336 e. The largest absolute Gasteiger partial charge is 0.493 e. The molecule has 2 bridgehead atoms. The molecule has 3 heterocycles. The molecule has 2 aliphatic heterocycles. The number of nitrogens with one attached hydrogen (secondary N) is 1. The molecule has 1 fully saturated rings. The fourth-order valence-corrected chi connectivity index (χ4v) is 5.74. The summed E-state index contributed by atoms with van der Waals surface area (Å²) in [7, 11) is 0. The van der Waals surface area contributed by atoms with E-state index in [1.807, 2.05) is 60.7 Å². The normalized spacial score (nSPS) is 17.5. The van der Waals surface area contributed by atoms with Gasteiger partial charge >= 0.3 is 11.7 Å². The van der Waals surface area contributed by atoms with Crippen LogP contribution < -0.4 is 11.0 Å². The average Bonchev–Trinajstić information content (AvgIpc) is 3.58. The van der Waals surface area contributed by atoms with E-state index in [0.29, 0.717) is 41.2 Å². The van der Waals surface area contributed by atoms with Crippen LogP contribution in [0.2, 0.25) is 5.02 Å². The summed E-state index contributed by atoms with van der Waals surface area (Å²) < 4.78 is 2.79. The van der Waals surface area contributed by atoms with Crippen molar-refractivity contribution >= 4 is 23.3 Å². The van der Waals surface area contributed by atoms with Crippen LogP contribution in [-0.4, -0.2) is 31.7 Å². The van der Waals surface area contributed by atoms with Gasteiger partial charge in [-0.2, -0.15) is 5.26 Å². The third kappa shape index (κ3) is 3.43. The first kappa shape index (κ1) is 23.0. The maximum atomic E-state index is 13.4. The van der Waals surface area contributed by atoms with Crippen molar-refractivity contribution in [1.29, 1.82) is 5.26 Å². The van der Waals surface area contributed by atoms with E-state index in [-0.39, 0.29) is 23.0 Å². The Morgan fingerprint density at radius 2 is 1.84 bits per heavy atom. The second-order valence-electron chi connectivity index (χ2n) is 9.28. The smallest absolute Gasteiger partial charge is 0.336 e. The molecule has 4 aromatic rings. The standard InChI is InChI=1S/C28H22ClN5O3/c1-16-22(12-11-18(14-30)24(16)29)34-26(35)25-23-13-19(33(25)28(34)37)15-32(23)27(36)31-21-10-6-5-9-20(21)17-7-3-2-4-8-17/h2-12,19,23,35H,13,15H2,1H3,(H,31,36)/t19-,23?/m1/s1. The Kier molecular flexibility index (Phi) is 5.32. The van der Waals surface area contributed by atoms with Gasteiger partial charge in [0.2, 0.25) is 5.88 Å². The third-order valence-corrected chi connectivity index (χ3v) is 7.78. The number of urea groups is 1. The van der Waals surface area contributed by atoms with Gasteiger partial charge in [-0.1, -0.05) is 60.1 Å². The molecule has 37 heavy (non-hydrogen) atoms. The molecule has 9 heteroatoms. The van der Waals surface area contributed by atoms with E-state index >= 15 is 0 Å². The van der Waals surface area contributed by atoms with Crippen molar-refractivity contribution in [3.8, 4) is 28.8 Å². The molecule has 1 unspecified atom stereocenters. The molecule has 0 saturated carbocycles. The summed E-state index contributed by atoms with van der Waals surface area (Å²) in [6.07, 6.45) is 0.555. The first-order valence-corrected chi connectivity index (χ1v) is 12.3. The lowest BCUT2D eigenvalue weighted by molar-refractivity contribution is 0.198. The first-order chi connectivity index (χ1) is 17.9. The van der Waals surface area contributed by atoms with Gasteiger partial charge in [-0.3, -0.25) is 4.57 Å². The summed E-state index contributed by atoms with van der Waals surface area (Å²) in [4.78, 5) is 28.5. The summed E-state index contributed by atoms with van der Waals surface area (Å²) in [5.74, 6) is -0.219. The molecule has 184 valence electrons. The monoisotopic (exact) mass is 511 g/mol. The molecular formula is C28H22ClN5O3. The summed E-state index contributed by atoms with van der Waals surface area (Å²) in [5.41, 5.74) is 3.80. The molecule has 0 radical (unpaired) electrons. The number of aromatic hydroxyl groups is 1. The summed E-state index contributed by atoms with van der Waals surface area (Å²) in [5, 5.41) is 23.7. The van der Waals surface area contributed by atoms with Crippen molar-refractivity contribution in [3.63, 3.8) is 0 Å². The molecule has 3 aromatic carbocycles. The number of hydrogen-bond acceptors (Lipinski definition) is 4. The van der Waals surface area contributed by atoms with Gasteiger partial charge in [-0.25, -0.2) is 14.2 Å². The van der Waals surface area contributed by atoms with Crippen molar-refractivity contribution < 1.29 is 9.90 Å². The van der Waals surface area contributed by atoms with Crippen molar-refractivity contribution in [2.24, 2.45) is 0 Å². The Labute approximate surface area is 217 Å². The van der Waals surface area contributed by atoms with Crippen LogP contribution in [0.3, 0.4) is 0 Å². The van der Waals surface area contributed by atoms with Crippen molar-refractivity contribution in [2.45, 2.75) is 25.4 Å². The molecule has 1 saturated heterocycles. The van der Waals surface area contributed by atoms with Gasteiger partial charge in [-0.05, 0) is 42.7 Å². The quantitative estimate of drug-likeness (QED) is 0.385. The molecule has 2 amide bonds. The number of carbonyl (C=O) groups is 1. The number of rotatable bonds is 3. The van der Waals surface area contributed by atoms with E-state index in [0.717, 1.165) is 11.1 Å². The highest BCUT2D eigenvalue weighted by atomic mass is 35.5. The second-order valence-corrected chi connectivity index (χ2v) is 9.66. The lowest BCUT2D eigenvalue weighted by Gasteiger charge is -2.28. The first-order valence-electron chi connectivity index (χ1n) is 11.9. The van der Waals surface area contributed by atoms with Crippen LogP contribution in [0, 0.1) is 18.3 Å². The predicted molar refractivity (Wildman–Crippen MR) is 140 cm³/mol.